The van der Waals surface area contributed by atoms with Crippen LogP contribution >= 0.6 is 11.3 Å². The van der Waals surface area contributed by atoms with Crippen molar-refractivity contribution in [2.75, 3.05) is 7.11 Å². The molecule has 22 heavy (non-hydrogen) atoms. The van der Waals surface area contributed by atoms with Gasteiger partial charge in [0.1, 0.15) is 4.88 Å². The van der Waals surface area contributed by atoms with E-state index in [0.717, 1.165) is 23.5 Å². The van der Waals surface area contributed by atoms with Crippen molar-refractivity contribution in [3.05, 3.63) is 45.6 Å². The fourth-order valence-electron chi connectivity index (χ4n) is 1.78. The Morgan fingerprint density at radius 3 is 2.36 bits per heavy atom. The average molecular weight is 330 g/mol. The minimum atomic E-state index is -4.67. The van der Waals surface area contributed by atoms with Gasteiger partial charge in [-0.05, 0) is 40.8 Å². The molecule has 0 fully saturated rings. The number of methoxy groups -OCH3 is 1. The summed E-state index contributed by atoms with van der Waals surface area (Å²) in [7, 11) is 1.19. The summed E-state index contributed by atoms with van der Waals surface area (Å²) in [5, 5.41) is 10.4. The fraction of sp³-hybridized carbons (Fsp3) is 0.143. The van der Waals surface area contributed by atoms with E-state index in [2.05, 4.69) is 4.74 Å². The summed E-state index contributed by atoms with van der Waals surface area (Å²) in [6, 6.07) is 3.90. The number of halogens is 3. The fourth-order valence-corrected chi connectivity index (χ4v) is 2.61. The predicted molar refractivity (Wildman–Crippen MR) is 73.1 cm³/mol. The van der Waals surface area contributed by atoms with E-state index >= 15 is 0 Å². The van der Waals surface area contributed by atoms with Gasteiger partial charge in [0.15, 0.2) is 0 Å². The molecule has 2 rings (SSSR count). The molecule has 0 unspecified atom stereocenters. The molecule has 2 aromatic rings. The summed E-state index contributed by atoms with van der Waals surface area (Å²) in [5.41, 5.74) is -1.15. The molecule has 0 aliphatic carbocycles. The van der Waals surface area contributed by atoms with E-state index in [0.29, 0.717) is 11.6 Å². The number of aromatic carboxylic acids is 1. The Kier molecular flexibility index (Phi) is 4.23. The largest absolute Gasteiger partial charge is 0.478 e. The minimum Gasteiger partial charge on any atom is -0.478 e. The number of carbonyl (C=O) groups excluding carboxylic acids is 1. The molecule has 0 atom stereocenters. The third-order valence-corrected chi connectivity index (χ3v) is 3.74. The number of ether oxygens (including phenoxy) is 1. The highest BCUT2D eigenvalue weighted by molar-refractivity contribution is 7.12. The second-order valence-electron chi connectivity index (χ2n) is 4.29. The van der Waals surface area contributed by atoms with E-state index in [-0.39, 0.29) is 10.4 Å². The van der Waals surface area contributed by atoms with Crippen LogP contribution in [0.4, 0.5) is 13.2 Å². The van der Waals surface area contributed by atoms with E-state index in [1.807, 2.05) is 0 Å². The van der Waals surface area contributed by atoms with Crippen LogP contribution in [0.15, 0.2) is 29.6 Å². The molecule has 1 heterocycles. The first-order valence-corrected chi connectivity index (χ1v) is 6.73. The normalized spacial score (nSPS) is 11.3. The van der Waals surface area contributed by atoms with Crippen molar-refractivity contribution in [2.24, 2.45) is 0 Å². The summed E-state index contributed by atoms with van der Waals surface area (Å²) in [4.78, 5) is 22.6. The molecule has 0 saturated heterocycles. The zero-order chi connectivity index (χ0) is 16.5. The number of hydrogen-bond donors (Lipinski definition) is 1. The van der Waals surface area contributed by atoms with E-state index in [4.69, 9.17) is 5.11 Å². The summed E-state index contributed by atoms with van der Waals surface area (Å²) >= 11 is 1.00. The van der Waals surface area contributed by atoms with Crippen molar-refractivity contribution < 1.29 is 32.6 Å². The van der Waals surface area contributed by atoms with Gasteiger partial charge in [0.25, 0.3) is 0 Å². The topological polar surface area (TPSA) is 63.6 Å². The van der Waals surface area contributed by atoms with Crippen LogP contribution in [-0.2, 0) is 10.9 Å². The Morgan fingerprint density at radius 1 is 1.14 bits per heavy atom. The van der Waals surface area contributed by atoms with Crippen molar-refractivity contribution in [1.82, 2.24) is 0 Å². The van der Waals surface area contributed by atoms with Crippen molar-refractivity contribution in [1.29, 1.82) is 0 Å². The number of carboxylic acid groups (broad SMARTS) is 1. The molecule has 1 aromatic carbocycles. The molecule has 0 radical (unpaired) electrons. The standard InChI is InChI=1S/C14H9F3O4S/c1-21-13(20)11-5-9(6-22-11)7-2-8(12(18)19)4-10(3-7)14(15,16)17/h2-6H,1H3,(H,18,19). The van der Waals surface area contributed by atoms with Gasteiger partial charge < -0.3 is 9.84 Å². The first-order chi connectivity index (χ1) is 10.2. The number of benzene rings is 1. The van der Waals surface area contributed by atoms with E-state index < -0.39 is 29.2 Å². The van der Waals surface area contributed by atoms with Crippen LogP contribution < -0.4 is 0 Å². The summed E-state index contributed by atoms with van der Waals surface area (Å²) in [6.45, 7) is 0. The van der Waals surface area contributed by atoms with Crippen LogP contribution in [0.2, 0.25) is 0 Å². The number of carbonyl (C=O) groups is 2. The Labute approximate surface area is 126 Å². The highest BCUT2D eigenvalue weighted by atomic mass is 32.1. The van der Waals surface area contributed by atoms with Crippen LogP contribution in [0.1, 0.15) is 25.6 Å². The second-order valence-corrected chi connectivity index (χ2v) is 5.20. The maximum Gasteiger partial charge on any atom is 0.416 e. The Bertz CT molecular complexity index is 734. The van der Waals surface area contributed by atoms with Gasteiger partial charge in [0.2, 0.25) is 0 Å². The third-order valence-electron chi connectivity index (χ3n) is 2.83. The van der Waals surface area contributed by atoms with Gasteiger partial charge in [-0.3, -0.25) is 0 Å². The number of thiophene rings is 1. The lowest BCUT2D eigenvalue weighted by Crippen LogP contribution is -2.08. The smallest absolute Gasteiger partial charge is 0.416 e. The van der Waals surface area contributed by atoms with Crippen LogP contribution in [0, 0.1) is 0 Å². The van der Waals surface area contributed by atoms with Crippen molar-refractivity contribution in [3.63, 3.8) is 0 Å². The van der Waals surface area contributed by atoms with Crippen molar-refractivity contribution in [2.45, 2.75) is 6.18 Å². The molecule has 0 bridgehead atoms. The third kappa shape index (κ3) is 3.28. The summed E-state index contributed by atoms with van der Waals surface area (Å²) in [6.07, 6.45) is -4.67. The highest BCUT2D eigenvalue weighted by Crippen LogP contribution is 2.34. The first-order valence-electron chi connectivity index (χ1n) is 5.85. The van der Waals surface area contributed by atoms with Crippen LogP contribution in [-0.4, -0.2) is 24.2 Å². The molecule has 116 valence electrons. The van der Waals surface area contributed by atoms with Crippen LogP contribution in [0.3, 0.4) is 0 Å². The van der Waals surface area contributed by atoms with E-state index in [1.54, 1.807) is 0 Å². The zero-order valence-electron chi connectivity index (χ0n) is 11.1. The quantitative estimate of drug-likeness (QED) is 0.867. The SMILES string of the molecule is COC(=O)c1cc(-c2cc(C(=O)O)cc(C(F)(F)F)c2)cs1. The Hall–Kier alpha value is -2.35. The molecule has 0 saturated carbocycles. The second kappa shape index (κ2) is 5.80. The molecule has 1 aromatic heterocycles. The lowest BCUT2D eigenvalue weighted by atomic mass is 10.0. The minimum absolute atomic E-state index is 0.0682. The van der Waals surface area contributed by atoms with Crippen molar-refractivity contribution >= 4 is 23.3 Å². The number of alkyl halides is 3. The van der Waals surface area contributed by atoms with Crippen LogP contribution in [0.25, 0.3) is 11.1 Å². The maximum absolute atomic E-state index is 12.9. The van der Waals surface area contributed by atoms with Gasteiger partial charge >= 0.3 is 18.1 Å². The number of rotatable bonds is 3. The maximum atomic E-state index is 12.9. The summed E-state index contributed by atoms with van der Waals surface area (Å²) in [5.74, 6) is -2.07. The van der Waals surface area contributed by atoms with Gasteiger partial charge in [0.05, 0.1) is 18.2 Å². The predicted octanol–water partition coefficient (Wildman–Crippen LogP) is 3.92. The molecule has 0 amide bonds. The number of hydrogen-bond acceptors (Lipinski definition) is 4. The molecule has 0 spiro atoms. The lowest BCUT2D eigenvalue weighted by molar-refractivity contribution is -0.137. The number of esters is 1. The van der Waals surface area contributed by atoms with Gasteiger partial charge in [-0.2, -0.15) is 13.2 Å². The van der Waals surface area contributed by atoms with Crippen molar-refractivity contribution in [3.8, 4) is 11.1 Å². The lowest BCUT2D eigenvalue weighted by Gasteiger charge is -2.10. The molecule has 4 nitrogen and oxygen atoms in total. The number of carboxylic acids is 1. The monoisotopic (exact) mass is 330 g/mol. The Balaban J connectivity index is 2.54. The van der Waals surface area contributed by atoms with Crippen LogP contribution in [0.5, 0.6) is 0 Å². The molecule has 0 aliphatic rings. The van der Waals surface area contributed by atoms with Gasteiger partial charge in [-0.25, -0.2) is 9.59 Å². The van der Waals surface area contributed by atoms with E-state index in [1.165, 1.54) is 18.6 Å². The highest BCUT2D eigenvalue weighted by Gasteiger charge is 2.32. The zero-order valence-corrected chi connectivity index (χ0v) is 11.9. The van der Waals surface area contributed by atoms with Gasteiger partial charge in [-0.15, -0.1) is 11.3 Å². The molecular weight excluding hydrogens is 321 g/mol. The average Bonchev–Trinajstić information content (AvgIpc) is 2.94. The first kappa shape index (κ1) is 16.0. The van der Waals surface area contributed by atoms with Gasteiger partial charge in [-0.1, -0.05) is 0 Å². The van der Waals surface area contributed by atoms with Gasteiger partial charge in [0, 0.05) is 0 Å². The Morgan fingerprint density at radius 2 is 1.82 bits per heavy atom. The van der Waals surface area contributed by atoms with E-state index in [9.17, 15) is 22.8 Å². The molecule has 1 N–H and O–H groups in total. The molecule has 8 heteroatoms. The molecule has 0 aliphatic heterocycles. The summed E-state index contributed by atoms with van der Waals surface area (Å²) < 4.78 is 43.1. The molecular formula is C14H9F3O4S.